The molecule has 0 aliphatic heterocycles. The van der Waals surface area contributed by atoms with Crippen molar-refractivity contribution >= 4 is 43.9 Å². The second kappa shape index (κ2) is 8.32. The van der Waals surface area contributed by atoms with Crippen molar-refractivity contribution in [2.75, 3.05) is 32.6 Å². The van der Waals surface area contributed by atoms with Gasteiger partial charge in [-0.05, 0) is 36.4 Å². The van der Waals surface area contributed by atoms with Crippen LogP contribution < -0.4 is 10.1 Å². The van der Waals surface area contributed by atoms with Crippen molar-refractivity contribution < 1.29 is 18.3 Å². The van der Waals surface area contributed by atoms with Crippen LogP contribution in [0, 0.1) is 0 Å². The Balaban J connectivity index is 2.04. The topological polar surface area (TPSA) is 91.8 Å². The monoisotopic (exact) mass is 421 g/mol. The van der Waals surface area contributed by atoms with E-state index in [1.54, 1.807) is 42.6 Å². The smallest absolute Gasteiger partial charge is 0.242 e. The van der Waals surface area contributed by atoms with Gasteiger partial charge in [0.05, 0.1) is 29.2 Å². The number of rotatable bonds is 7. The molecular weight excluding hydrogens is 402 g/mol. The molecule has 9 heteroatoms. The number of ether oxygens (including phenoxy) is 1. The van der Waals surface area contributed by atoms with Crippen molar-refractivity contribution in [2.45, 2.75) is 4.90 Å². The minimum absolute atomic E-state index is 0.0170. The minimum Gasteiger partial charge on any atom is -0.495 e. The van der Waals surface area contributed by atoms with E-state index < -0.39 is 10.0 Å². The summed E-state index contributed by atoms with van der Waals surface area (Å²) < 4.78 is 31.7. The van der Waals surface area contributed by atoms with Crippen molar-refractivity contribution in [3.63, 3.8) is 0 Å². The molecule has 148 valence electrons. The van der Waals surface area contributed by atoms with Crippen LogP contribution in [0.15, 0.2) is 53.6 Å². The maximum absolute atomic E-state index is 12.7. The molecule has 28 heavy (non-hydrogen) atoms. The molecular formula is C19H20ClN3O4S. The zero-order valence-corrected chi connectivity index (χ0v) is 17.0. The summed E-state index contributed by atoms with van der Waals surface area (Å²) in [5, 5.41) is 13.4. The van der Waals surface area contributed by atoms with E-state index in [0.717, 1.165) is 9.99 Å². The van der Waals surface area contributed by atoms with Crippen LogP contribution in [0.3, 0.4) is 0 Å². The molecule has 0 bridgehead atoms. The number of hydrogen-bond donors (Lipinski definition) is 2. The number of nitrogens with one attached hydrogen (secondary N) is 1. The van der Waals surface area contributed by atoms with Gasteiger partial charge < -0.3 is 15.2 Å². The van der Waals surface area contributed by atoms with Gasteiger partial charge in [0.2, 0.25) is 10.0 Å². The van der Waals surface area contributed by atoms with Gasteiger partial charge in [0.15, 0.2) is 0 Å². The Morgan fingerprint density at radius 1 is 1.21 bits per heavy atom. The molecule has 0 spiro atoms. The summed E-state index contributed by atoms with van der Waals surface area (Å²) in [7, 11) is -0.755. The van der Waals surface area contributed by atoms with E-state index >= 15 is 0 Å². The number of aromatic nitrogens is 1. The van der Waals surface area contributed by atoms with E-state index in [1.807, 2.05) is 0 Å². The number of aliphatic hydroxyl groups excluding tert-OH is 1. The lowest BCUT2D eigenvalue weighted by Gasteiger charge is -2.17. The quantitative estimate of drug-likeness (QED) is 0.608. The maximum atomic E-state index is 12.7. The average molecular weight is 422 g/mol. The summed E-state index contributed by atoms with van der Waals surface area (Å²) in [5.41, 5.74) is 2.07. The molecule has 0 amide bonds. The van der Waals surface area contributed by atoms with Crippen molar-refractivity contribution in [1.82, 2.24) is 9.29 Å². The second-order valence-electron chi connectivity index (χ2n) is 6.06. The van der Waals surface area contributed by atoms with Crippen LogP contribution >= 0.6 is 11.6 Å². The first kappa shape index (κ1) is 20.3. The molecule has 7 nitrogen and oxygen atoms in total. The molecule has 2 aromatic carbocycles. The molecule has 0 fully saturated rings. The van der Waals surface area contributed by atoms with Gasteiger partial charge in [-0.2, -0.15) is 4.31 Å². The highest BCUT2D eigenvalue weighted by Gasteiger charge is 2.21. The van der Waals surface area contributed by atoms with Gasteiger partial charge in [0.25, 0.3) is 0 Å². The first-order valence-electron chi connectivity index (χ1n) is 8.43. The number of nitrogens with zero attached hydrogens (tertiary/aromatic N) is 2. The van der Waals surface area contributed by atoms with Crippen molar-refractivity contribution in [3.05, 3.63) is 53.7 Å². The lowest BCUT2D eigenvalue weighted by Crippen LogP contribution is -2.29. The summed E-state index contributed by atoms with van der Waals surface area (Å²) in [6.45, 7) is -0.237. The third-order valence-corrected chi connectivity index (χ3v) is 6.43. The average Bonchev–Trinajstić information content (AvgIpc) is 2.69. The van der Waals surface area contributed by atoms with E-state index in [9.17, 15) is 8.42 Å². The first-order valence-corrected chi connectivity index (χ1v) is 10.2. The van der Waals surface area contributed by atoms with Crippen LogP contribution in [0.2, 0.25) is 5.02 Å². The summed E-state index contributed by atoms with van der Waals surface area (Å²) in [6.07, 6.45) is 1.64. The summed E-state index contributed by atoms with van der Waals surface area (Å²) >= 11 is 6.07. The van der Waals surface area contributed by atoms with Crippen LogP contribution in [0.25, 0.3) is 10.9 Å². The number of halogens is 1. The highest BCUT2D eigenvalue weighted by molar-refractivity contribution is 7.89. The molecule has 0 aliphatic carbocycles. The first-order chi connectivity index (χ1) is 13.4. The summed E-state index contributed by atoms with van der Waals surface area (Å²) in [6, 6.07) is 11.8. The number of aliphatic hydroxyl groups is 1. The predicted molar refractivity (Wildman–Crippen MR) is 110 cm³/mol. The van der Waals surface area contributed by atoms with E-state index in [-0.39, 0.29) is 18.0 Å². The standard InChI is InChI=1S/C19H20ClN3O4S/c1-23(9-10-24)28(25,26)14-4-6-17-15(12-14)18(7-8-21-17)22-13-3-5-16(20)19(11-13)27-2/h3-8,11-12,24H,9-10H2,1-2H3,(H,21,22). The lowest BCUT2D eigenvalue weighted by atomic mass is 10.2. The van der Waals surface area contributed by atoms with Gasteiger partial charge in [-0.15, -0.1) is 0 Å². The number of methoxy groups -OCH3 is 1. The minimum atomic E-state index is -3.72. The van der Waals surface area contributed by atoms with Gasteiger partial charge in [0.1, 0.15) is 5.75 Å². The Morgan fingerprint density at radius 2 is 2.00 bits per heavy atom. The number of sulfonamides is 1. The number of hydrogen-bond acceptors (Lipinski definition) is 6. The van der Waals surface area contributed by atoms with Gasteiger partial charge in [-0.1, -0.05) is 11.6 Å². The fraction of sp³-hybridized carbons (Fsp3) is 0.211. The van der Waals surface area contributed by atoms with Crippen LogP contribution in [0.5, 0.6) is 5.75 Å². The SMILES string of the molecule is COc1cc(Nc2ccnc3ccc(S(=O)(=O)N(C)CCO)cc23)ccc1Cl. The van der Waals surface area contributed by atoms with Crippen LogP contribution in [0.1, 0.15) is 0 Å². The highest BCUT2D eigenvalue weighted by atomic mass is 35.5. The lowest BCUT2D eigenvalue weighted by molar-refractivity contribution is 0.266. The predicted octanol–water partition coefficient (Wildman–Crippen LogP) is 3.25. The second-order valence-corrected chi connectivity index (χ2v) is 8.51. The molecule has 0 saturated heterocycles. The number of fused-ring (bicyclic) bond motifs is 1. The molecule has 3 aromatic rings. The van der Waals surface area contributed by atoms with Crippen LogP contribution in [0.4, 0.5) is 11.4 Å². The molecule has 2 N–H and O–H groups in total. The van der Waals surface area contributed by atoms with Crippen molar-refractivity contribution in [3.8, 4) is 5.75 Å². The molecule has 0 unspecified atom stereocenters. The van der Waals surface area contributed by atoms with E-state index in [2.05, 4.69) is 10.3 Å². The number of likely N-dealkylation sites (N-methyl/N-ethyl adjacent to an activating group) is 1. The molecule has 0 atom stereocenters. The molecule has 1 heterocycles. The van der Waals surface area contributed by atoms with Gasteiger partial charge in [-0.25, -0.2) is 8.42 Å². The Morgan fingerprint density at radius 3 is 2.71 bits per heavy atom. The summed E-state index contributed by atoms with van der Waals surface area (Å²) in [4.78, 5) is 4.43. The van der Waals surface area contributed by atoms with E-state index in [1.165, 1.54) is 20.2 Å². The number of benzene rings is 2. The van der Waals surface area contributed by atoms with Gasteiger partial charge in [0, 0.05) is 42.6 Å². The third-order valence-electron chi connectivity index (χ3n) is 4.27. The largest absolute Gasteiger partial charge is 0.495 e. The van der Waals surface area contributed by atoms with Gasteiger partial charge in [-0.3, -0.25) is 4.98 Å². The number of anilines is 2. The molecule has 3 rings (SSSR count). The van der Waals surface area contributed by atoms with Crippen molar-refractivity contribution in [2.24, 2.45) is 0 Å². The Labute approximate surface area is 168 Å². The van der Waals surface area contributed by atoms with E-state index in [4.69, 9.17) is 21.4 Å². The fourth-order valence-corrected chi connectivity index (χ4v) is 4.11. The molecule has 0 aliphatic rings. The van der Waals surface area contributed by atoms with E-state index in [0.29, 0.717) is 27.4 Å². The maximum Gasteiger partial charge on any atom is 0.242 e. The zero-order valence-electron chi connectivity index (χ0n) is 15.4. The Hall–Kier alpha value is -2.39. The van der Waals surface area contributed by atoms with Gasteiger partial charge >= 0.3 is 0 Å². The Kier molecular flexibility index (Phi) is 6.04. The van der Waals surface area contributed by atoms with Crippen LogP contribution in [-0.2, 0) is 10.0 Å². The molecule has 0 saturated carbocycles. The van der Waals surface area contributed by atoms with Crippen LogP contribution in [-0.4, -0.2) is 50.1 Å². The fourth-order valence-electron chi connectivity index (χ4n) is 2.73. The number of pyridine rings is 1. The molecule has 1 aromatic heterocycles. The normalized spacial score (nSPS) is 11.8. The Bertz CT molecular complexity index is 1110. The molecule has 0 radical (unpaired) electrons. The summed E-state index contributed by atoms with van der Waals surface area (Å²) in [5.74, 6) is 0.527. The highest BCUT2D eigenvalue weighted by Crippen LogP contribution is 2.32. The van der Waals surface area contributed by atoms with Crippen molar-refractivity contribution in [1.29, 1.82) is 0 Å². The zero-order chi connectivity index (χ0) is 20.3. The third kappa shape index (κ3) is 4.05.